The molecule has 0 saturated heterocycles. The van der Waals surface area contributed by atoms with Gasteiger partial charge in [-0.1, -0.05) is 0 Å². The lowest BCUT2D eigenvalue weighted by atomic mass is 10.1. The quantitative estimate of drug-likeness (QED) is 0.389. The Bertz CT molecular complexity index is 1340. The number of halogens is 3. The van der Waals surface area contributed by atoms with E-state index in [2.05, 4.69) is 15.1 Å². The highest BCUT2D eigenvalue weighted by atomic mass is 19.4. The molecule has 0 radical (unpaired) electrons. The number of nitrogens with zero attached hydrogens (tertiary/aromatic N) is 4. The Labute approximate surface area is 193 Å². The first-order chi connectivity index (χ1) is 16.2. The molecule has 4 N–H and O–H groups in total. The molecular weight excluding hydrogens is 449 g/mol. The van der Waals surface area contributed by atoms with E-state index in [1.807, 2.05) is 6.07 Å². The Kier molecular flexibility index (Phi) is 6.29. The molecule has 0 fully saturated rings. The Morgan fingerprint density at radius 1 is 1.06 bits per heavy atom. The maximum absolute atomic E-state index is 13.4. The van der Waals surface area contributed by atoms with Crippen LogP contribution in [0.1, 0.15) is 17.7 Å². The Morgan fingerprint density at radius 2 is 1.85 bits per heavy atom. The first-order valence-corrected chi connectivity index (χ1v) is 10.4. The van der Waals surface area contributed by atoms with Gasteiger partial charge in [-0.25, -0.2) is 14.5 Å². The maximum atomic E-state index is 13.4. The van der Waals surface area contributed by atoms with Crippen molar-refractivity contribution in [1.29, 1.82) is 0 Å². The van der Waals surface area contributed by atoms with E-state index in [0.29, 0.717) is 53.8 Å². The SMILES string of the molecule is COc1cc(-c2ccc3nc(C)c(-c4cnc(N)c(C(F)(F)F)c4)n3n2)ccc1OCCCN. The number of hydrogen-bond acceptors (Lipinski definition) is 7. The van der Waals surface area contributed by atoms with Gasteiger partial charge < -0.3 is 20.9 Å². The molecule has 4 rings (SSSR count). The Balaban J connectivity index is 1.78. The largest absolute Gasteiger partial charge is 0.493 e. The number of rotatable bonds is 7. The van der Waals surface area contributed by atoms with Gasteiger partial charge in [0.25, 0.3) is 0 Å². The van der Waals surface area contributed by atoms with Crippen molar-refractivity contribution >= 4 is 11.5 Å². The summed E-state index contributed by atoms with van der Waals surface area (Å²) >= 11 is 0. The molecule has 34 heavy (non-hydrogen) atoms. The zero-order valence-corrected chi connectivity index (χ0v) is 18.6. The standard InChI is InChI=1S/C23H23F3N6O2/c1-13-21(15-10-16(23(24,25)26)22(28)29-12-15)32-20(30-13)7-5-17(31-32)14-4-6-18(19(11-14)33-2)34-9-3-8-27/h4-7,10-12H,3,8-9,27H2,1-2H3,(H2,28,29). The Hall–Kier alpha value is -3.86. The Morgan fingerprint density at radius 3 is 2.56 bits per heavy atom. The first-order valence-electron chi connectivity index (χ1n) is 10.4. The van der Waals surface area contributed by atoms with Crippen LogP contribution in [0.5, 0.6) is 11.5 Å². The molecule has 0 unspecified atom stereocenters. The van der Waals surface area contributed by atoms with Crippen LogP contribution in [0, 0.1) is 6.92 Å². The summed E-state index contributed by atoms with van der Waals surface area (Å²) in [6.45, 7) is 2.68. The van der Waals surface area contributed by atoms with E-state index in [9.17, 15) is 13.2 Å². The van der Waals surface area contributed by atoms with Gasteiger partial charge in [0, 0.05) is 17.3 Å². The van der Waals surface area contributed by atoms with Crippen molar-refractivity contribution < 1.29 is 22.6 Å². The second kappa shape index (κ2) is 9.18. The van der Waals surface area contributed by atoms with Gasteiger partial charge in [0.1, 0.15) is 5.82 Å². The van der Waals surface area contributed by atoms with Gasteiger partial charge in [-0.2, -0.15) is 18.3 Å². The zero-order valence-electron chi connectivity index (χ0n) is 18.6. The van der Waals surface area contributed by atoms with Gasteiger partial charge in [0.05, 0.1) is 36.4 Å². The molecule has 0 saturated carbocycles. The summed E-state index contributed by atoms with van der Waals surface area (Å²) in [6, 6.07) is 9.86. The fourth-order valence-electron chi connectivity index (χ4n) is 3.57. The van der Waals surface area contributed by atoms with Crippen LogP contribution in [0.2, 0.25) is 0 Å². The third kappa shape index (κ3) is 4.46. The minimum absolute atomic E-state index is 0.206. The second-order valence-electron chi connectivity index (χ2n) is 7.55. The molecule has 0 amide bonds. The summed E-state index contributed by atoms with van der Waals surface area (Å²) in [6.07, 6.45) is -2.64. The number of nitrogen functional groups attached to an aromatic ring is 1. The van der Waals surface area contributed by atoms with Crippen molar-refractivity contribution in [2.24, 2.45) is 5.73 Å². The molecule has 8 nitrogen and oxygen atoms in total. The van der Waals surface area contributed by atoms with Gasteiger partial charge in [-0.15, -0.1) is 0 Å². The molecule has 4 aromatic rings. The van der Waals surface area contributed by atoms with E-state index < -0.39 is 17.6 Å². The molecule has 11 heteroatoms. The van der Waals surface area contributed by atoms with Crippen LogP contribution < -0.4 is 20.9 Å². The summed E-state index contributed by atoms with van der Waals surface area (Å²) in [4.78, 5) is 8.18. The summed E-state index contributed by atoms with van der Waals surface area (Å²) in [5.41, 5.74) is 12.8. The van der Waals surface area contributed by atoms with E-state index in [1.54, 1.807) is 31.2 Å². The molecule has 3 heterocycles. The van der Waals surface area contributed by atoms with Crippen molar-refractivity contribution in [3.8, 4) is 34.0 Å². The number of nitrogens with two attached hydrogens (primary N) is 2. The number of ether oxygens (including phenoxy) is 2. The average Bonchev–Trinajstić information content (AvgIpc) is 3.14. The van der Waals surface area contributed by atoms with Gasteiger partial charge in [0.15, 0.2) is 17.1 Å². The number of benzene rings is 1. The molecular formula is C23H23F3N6O2. The highest BCUT2D eigenvalue weighted by Crippen LogP contribution is 2.36. The summed E-state index contributed by atoms with van der Waals surface area (Å²) < 4.78 is 52.8. The normalized spacial score (nSPS) is 11.7. The maximum Gasteiger partial charge on any atom is 0.419 e. The molecule has 1 aromatic carbocycles. The lowest BCUT2D eigenvalue weighted by molar-refractivity contribution is -0.137. The van der Waals surface area contributed by atoms with Crippen LogP contribution in [0.25, 0.3) is 28.2 Å². The smallest absolute Gasteiger partial charge is 0.419 e. The highest BCUT2D eigenvalue weighted by molar-refractivity contribution is 5.70. The van der Waals surface area contributed by atoms with Crippen molar-refractivity contribution in [1.82, 2.24) is 19.6 Å². The van der Waals surface area contributed by atoms with E-state index in [1.165, 1.54) is 17.8 Å². The molecule has 0 spiro atoms. The molecule has 0 bridgehead atoms. The number of pyridine rings is 1. The van der Waals surface area contributed by atoms with Crippen molar-refractivity contribution in [3.05, 3.63) is 53.9 Å². The van der Waals surface area contributed by atoms with Crippen LogP contribution in [0.15, 0.2) is 42.6 Å². The molecule has 0 aliphatic carbocycles. The van der Waals surface area contributed by atoms with Gasteiger partial charge in [-0.05, 0) is 56.3 Å². The average molecular weight is 472 g/mol. The number of hydrogen-bond donors (Lipinski definition) is 2. The van der Waals surface area contributed by atoms with Crippen LogP contribution in [0.3, 0.4) is 0 Å². The number of aryl methyl sites for hydroxylation is 1. The number of methoxy groups -OCH3 is 1. The minimum atomic E-state index is -4.63. The van der Waals surface area contributed by atoms with E-state index in [0.717, 1.165) is 11.6 Å². The van der Waals surface area contributed by atoms with E-state index >= 15 is 0 Å². The minimum Gasteiger partial charge on any atom is -0.493 e. The highest BCUT2D eigenvalue weighted by Gasteiger charge is 2.34. The summed E-state index contributed by atoms with van der Waals surface area (Å²) in [5, 5.41) is 4.64. The van der Waals surface area contributed by atoms with Crippen molar-refractivity contribution in [3.63, 3.8) is 0 Å². The molecule has 3 aromatic heterocycles. The molecule has 0 aliphatic heterocycles. The number of fused-ring (bicyclic) bond motifs is 1. The fourth-order valence-corrected chi connectivity index (χ4v) is 3.57. The first kappa shape index (κ1) is 23.3. The number of anilines is 1. The number of aromatic nitrogens is 4. The van der Waals surface area contributed by atoms with E-state index in [-0.39, 0.29) is 5.56 Å². The summed E-state index contributed by atoms with van der Waals surface area (Å²) in [5.74, 6) is 0.515. The van der Waals surface area contributed by atoms with Crippen molar-refractivity contribution in [2.45, 2.75) is 19.5 Å². The van der Waals surface area contributed by atoms with Gasteiger partial charge in [0.2, 0.25) is 0 Å². The fraction of sp³-hybridized carbons (Fsp3) is 0.261. The van der Waals surface area contributed by atoms with Gasteiger partial charge >= 0.3 is 6.18 Å². The molecule has 0 aliphatic rings. The monoisotopic (exact) mass is 472 g/mol. The third-order valence-corrected chi connectivity index (χ3v) is 5.21. The number of imidazole rings is 1. The predicted octanol–water partition coefficient (Wildman–Crippen LogP) is 4.10. The lowest BCUT2D eigenvalue weighted by Gasteiger charge is -2.13. The van der Waals surface area contributed by atoms with Gasteiger partial charge in [-0.3, -0.25) is 0 Å². The number of alkyl halides is 3. The second-order valence-corrected chi connectivity index (χ2v) is 7.55. The lowest BCUT2D eigenvalue weighted by Crippen LogP contribution is -2.11. The predicted molar refractivity (Wildman–Crippen MR) is 122 cm³/mol. The molecule has 178 valence electrons. The van der Waals surface area contributed by atoms with Crippen LogP contribution in [-0.4, -0.2) is 39.8 Å². The van der Waals surface area contributed by atoms with E-state index in [4.69, 9.17) is 20.9 Å². The topological polar surface area (TPSA) is 114 Å². The summed E-state index contributed by atoms with van der Waals surface area (Å²) in [7, 11) is 1.54. The van der Waals surface area contributed by atoms with Crippen LogP contribution in [0.4, 0.5) is 19.0 Å². The van der Waals surface area contributed by atoms with Crippen LogP contribution >= 0.6 is 0 Å². The zero-order chi connectivity index (χ0) is 24.5. The third-order valence-electron chi connectivity index (χ3n) is 5.21. The van der Waals surface area contributed by atoms with Crippen LogP contribution in [-0.2, 0) is 6.18 Å². The molecule has 0 atom stereocenters. The van der Waals surface area contributed by atoms with Crippen molar-refractivity contribution in [2.75, 3.05) is 26.0 Å².